The summed E-state index contributed by atoms with van der Waals surface area (Å²) < 4.78 is 0. The van der Waals surface area contributed by atoms with E-state index in [-0.39, 0.29) is 11.4 Å². The van der Waals surface area contributed by atoms with E-state index < -0.39 is 0 Å². The first-order valence-corrected chi connectivity index (χ1v) is 6.88. The summed E-state index contributed by atoms with van der Waals surface area (Å²) in [5.74, 6) is 0.800. The van der Waals surface area contributed by atoms with Crippen molar-refractivity contribution in [1.82, 2.24) is 15.1 Å². The Kier molecular flexibility index (Phi) is 3.69. The van der Waals surface area contributed by atoms with Gasteiger partial charge in [0.1, 0.15) is 5.84 Å². The van der Waals surface area contributed by atoms with Crippen LogP contribution in [0, 0.1) is 19.3 Å². The minimum Gasteiger partial charge on any atom is -0.384 e. The third-order valence-electron chi connectivity index (χ3n) is 4.32. The van der Waals surface area contributed by atoms with Gasteiger partial charge >= 0.3 is 0 Å². The van der Waals surface area contributed by atoms with E-state index in [2.05, 4.69) is 40.9 Å². The van der Waals surface area contributed by atoms with Gasteiger partial charge in [0.2, 0.25) is 0 Å². The van der Waals surface area contributed by atoms with E-state index in [9.17, 15) is 0 Å². The Balaban J connectivity index is 2.44. The van der Waals surface area contributed by atoms with E-state index in [0.717, 1.165) is 42.3 Å². The van der Waals surface area contributed by atoms with E-state index in [1.807, 2.05) is 13.8 Å². The van der Waals surface area contributed by atoms with Crippen molar-refractivity contribution in [2.24, 2.45) is 5.73 Å². The lowest BCUT2D eigenvalue weighted by Gasteiger charge is -2.46. The molecule has 2 rings (SSSR count). The van der Waals surface area contributed by atoms with Crippen LogP contribution in [-0.4, -0.2) is 53.2 Å². The van der Waals surface area contributed by atoms with Crippen LogP contribution < -0.4 is 10.6 Å². The Morgan fingerprint density at radius 3 is 2.45 bits per heavy atom. The van der Waals surface area contributed by atoms with Gasteiger partial charge in [0.05, 0.1) is 11.3 Å². The molecule has 1 aromatic heterocycles. The molecule has 1 saturated heterocycles. The maximum absolute atomic E-state index is 7.84. The molecule has 20 heavy (non-hydrogen) atoms. The lowest BCUT2D eigenvalue weighted by atomic mass is 9.98. The molecule has 0 aromatic carbocycles. The van der Waals surface area contributed by atoms with Gasteiger partial charge in [-0.15, -0.1) is 5.10 Å². The van der Waals surface area contributed by atoms with Crippen LogP contribution in [0.3, 0.4) is 0 Å². The van der Waals surface area contributed by atoms with Crippen molar-refractivity contribution in [3.8, 4) is 0 Å². The van der Waals surface area contributed by atoms with Gasteiger partial charge in [0.25, 0.3) is 0 Å². The highest BCUT2D eigenvalue weighted by molar-refractivity contribution is 6.01. The minimum atomic E-state index is 0.0623. The average molecular weight is 276 g/mol. The summed E-state index contributed by atoms with van der Waals surface area (Å²) in [7, 11) is 2.13. The second kappa shape index (κ2) is 5.01. The molecule has 0 unspecified atom stereocenters. The molecule has 110 valence electrons. The first-order chi connectivity index (χ1) is 9.24. The number of anilines is 1. The smallest absolute Gasteiger partial charge is 0.162 e. The lowest BCUT2D eigenvalue weighted by molar-refractivity contribution is 0.138. The number of nitrogen functional groups attached to an aromatic ring is 1. The minimum absolute atomic E-state index is 0.0623. The first-order valence-electron chi connectivity index (χ1n) is 6.88. The fourth-order valence-electron chi connectivity index (χ4n) is 2.56. The molecule has 0 bridgehead atoms. The van der Waals surface area contributed by atoms with Crippen LogP contribution in [0.5, 0.6) is 0 Å². The monoisotopic (exact) mass is 276 g/mol. The number of piperazine rings is 1. The number of aryl methyl sites for hydroxylation is 1. The van der Waals surface area contributed by atoms with Gasteiger partial charge in [0, 0.05) is 25.2 Å². The Bertz CT molecular complexity index is 537. The molecule has 0 aliphatic carbocycles. The van der Waals surface area contributed by atoms with Crippen molar-refractivity contribution in [2.75, 3.05) is 31.6 Å². The maximum Gasteiger partial charge on any atom is 0.162 e. The molecule has 0 saturated carbocycles. The van der Waals surface area contributed by atoms with Crippen molar-refractivity contribution in [3.05, 3.63) is 16.8 Å². The zero-order chi connectivity index (χ0) is 15.1. The molecule has 0 amide bonds. The van der Waals surface area contributed by atoms with Gasteiger partial charge in [-0.3, -0.25) is 10.3 Å². The largest absolute Gasteiger partial charge is 0.384 e. The average Bonchev–Trinajstić information content (AvgIpc) is 2.35. The summed E-state index contributed by atoms with van der Waals surface area (Å²) in [6.07, 6.45) is 0. The first kappa shape index (κ1) is 14.7. The van der Waals surface area contributed by atoms with E-state index in [4.69, 9.17) is 11.1 Å². The van der Waals surface area contributed by atoms with Gasteiger partial charge in [-0.1, -0.05) is 0 Å². The summed E-state index contributed by atoms with van der Waals surface area (Å²) in [5, 5.41) is 16.4. The molecule has 1 aromatic rings. The summed E-state index contributed by atoms with van der Waals surface area (Å²) in [4.78, 5) is 4.53. The van der Waals surface area contributed by atoms with E-state index in [0.29, 0.717) is 0 Å². The highest BCUT2D eigenvalue weighted by Gasteiger charge is 2.33. The fourth-order valence-corrected chi connectivity index (χ4v) is 2.56. The Morgan fingerprint density at radius 2 is 1.90 bits per heavy atom. The van der Waals surface area contributed by atoms with Crippen LogP contribution in [-0.2, 0) is 0 Å². The SMILES string of the molecule is Cc1nnc(N2CCN(C)C(C)(C)C2)c(C(=N)N)c1C. The molecule has 1 aliphatic heterocycles. The quantitative estimate of drug-likeness (QED) is 0.620. The Hall–Kier alpha value is -1.69. The molecule has 0 atom stereocenters. The topological polar surface area (TPSA) is 82.1 Å². The van der Waals surface area contributed by atoms with Crippen LogP contribution in [0.2, 0.25) is 0 Å². The third-order valence-corrected chi connectivity index (χ3v) is 4.32. The number of amidine groups is 1. The molecule has 1 aliphatic rings. The maximum atomic E-state index is 7.84. The number of hydrogen-bond donors (Lipinski definition) is 2. The highest BCUT2D eigenvalue weighted by Crippen LogP contribution is 2.27. The van der Waals surface area contributed by atoms with E-state index in [1.165, 1.54) is 0 Å². The molecular formula is C14H24N6. The Labute approximate surface area is 120 Å². The summed E-state index contributed by atoms with van der Waals surface area (Å²) in [6, 6.07) is 0. The molecule has 3 N–H and O–H groups in total. The predicted octanol–water partition coefficient (Wildman–Crippen LogP) is 0.908. The fraction of sp³-hybridized carbons (Fsp3) is 0.643. The number of nitrogens with two attached hydrogens (primary N) is 1. The molecular weight excluding hydrogens is 252 g/mol. The molecule has 6 nitrogen and oxygen atoms in total. The van der Waals surface area contributed by atoms with E-state index in [1.54, 1.807) is 0 Å². The summed E-state index contributed by atoms with van der Waals surface area (Å²) in [5.41, 5.74) is 8.32. The predicted molar refractivity (Wildman–Crippen MR) is 81.4 cm³/mol. The van der Waals surface area contributed by atoms with Crippen molar-refractivity contribution in [1.29, 1.82) is 5.41 Å². The van der Waals surface area contributed by atoms with Crippen molar-refractivity contribution in [2.45, 2.75) is 33.2 Å². The Morgan fingerprint density at radius 1 is 1.25 bits per heavy atom. The zero-order valence-electron chi connectivity index (χ0n) is 13.0. The van der Waals surface area contributed by atoms with Gasteiger partial charge in [-0.25, -0.2) is 0 Å². The molecule has 2 heterocycles. The van der Waals surface area contributed by atoms with Crippen LogP contribution in [0.4, 0.5) is 5.82 Å². The molecule has 1 fully saturated rings. The number of hydrogen-bond acceptors (Lipinski definition) is 5. The second-order valence-corrected chi connectivity index (χ2v) is 6.18. The lowest BCUT2D eigenvalue weighted by Crippen LogP contribution is -2.58. The summed E-state index contributed by atoms with van der Waals surface area (Å²) in [6.45, 7) is 10.9. The zero-order valence-corrected chi connectivity index (χ0v) is 13.0. The number of aromatic nitrogens is 2. The standard InChI is InChI=1S/C14H24N6/c1-9-10(2)17-18-13(11(9)12(15)16)20-7-6-19(5)14(3,4)8-20/h6-8H2,1-5H3,(H3,15,16). The third kappa shape index (κ3) is 2.47. The second-order valence-electron chi connectivity index (χ2n) is 6.18. The van der Waals surface area contributed by atoms with Gasteiger partial charge in [-0.05, 0) is 40.3 Å². The van der Waals surface area contributed by atoms with Crippen LogP contribution in [0.15, 0.2) is 0 Å². The van der Waals surface area contributed by atoms with Crippen molar-refractivity contribution < 1.29 is 0 Å². The number of nitrogens with one attached hydrogen (secondary N) is 1. The number of likely N-dealkylation sites (N-methyl/N-ethyl adjacent to an activating group) is 1. The van der Waals surface area contributed by atoms with Crippen LogP contribution >= 0.6 is 0 Å². The number of rotatable bonds is 2. The normalized spacial score (nSPS) is 19.1. The molecule has 0 spiro atoms. The van der Waals surface area contributed by atoms with Crippen molar-refractivity contribution >= 4 is 11.7 Å². The summed E-state index contributed by atoms with van der Waals surface area (Å²) >= 11 is 0. The van der Waals surface area contributed by atoms with Gasteiger partial charge in [0.15, 0.2) is 5.82 Å². The van der Waals surface area contributed by atoms with Crippen LogP contribution in [0.25, 0.3) is 0 Å². The van der Waals surface area contributed by atoms with Crippen molar-refractivity contribution in [3.63, 3.8) is 0 Å². The van der Waals surface area contributed by atoms with E-state index >= 15 is 0 Å². The number of nitrogens with zero attached hydrogens (tertiary/aromatic N) is 4. The molecule has 6 heteroatoms. The highest BCUT2D eigenvalue weighted by atomic mass is 15.3. The molecule has 0 radical (unpaired) electrons. The van der Waals surface area contributed by atoms with Crippen LogP contribution in [0.1, 0.15) is 30.7 Å². The van der Waals surface area contributed by atoms with Gasteiger partial charge in [-0.2, -0.15) is 5.10 Å². The van der Waals surface area contributed by atoms with Gasteiger partial charge < -0.3 is 10.6 Å².